The summed E-state index contributed by atoms with van der Waals surface area (Å²) in [7, 11) is 0. The van der Waals surface area contributed by atoms with Gasteiger partial charge in [-0.3, -0.25) is 4.79 Å². The third-order valence-electron chi connectivity index (χ3n) is 2.94. The molecule has 0 atom stereocenters. The molecule has 1 aromatic heterocycles. The molecule has 0 fully saturated rings. The molecule has 0 aliphatic heterocycles. The summed E-state index contributed by atoms with van der Waals surface area (Å²) in [6.45, 7) is 1.38. The monoisotopic (exact) mass is 300 g/mol. The van der Waals surface area contributed by atoms with Crippen LogP contribution >= 0.6 is 0 Å². The number of halogens is 1. The van der Waals surface area contributed by atoms with E-state index in [2.05, 4.69) is 10.3 Å². The molecule has 0 saturated carbocycles. The lowest BCUT2D eigenvalue weighted by Crippen LogP contribution is -2.06. The van der Waals surface area contributed by atoms with Crippen LogP contribution in [0.2, 0.25) is 0 Å². The summed E-state index contributed by atoms with van der Waals surface area (Å²) in [6.07, 6.45) is 0. The number of anilines is 1. The van der Waals surface area contributed by atoms with E-state index in [0.29, 0.717) is 17.2 Å². The molecular formula is C16H13FN2O3. The molecule has 112 valence electrons. The summed E-state index contributed by atoms with van der Waals surface area (Å²) in [5, 5.41) is 2.50. The Morgan fingerprint density at radius 2 is 2.14 bits per heavy atom. The van der Waals surface area contributed by atoms with Crippen LogP contribution in [0.25, 0.3) is 11.1 Å². The van der Waals surface area contributed by atoms with E-state index in [0.717, 1.165) is 5.52 Å². The van der Waals surface area contributed by atoms with Crippen molar-refractivity contribution < 1.29 is 18.3 Å². The molecule has 0 radical (unpaired) electrons. The third kappa shape index (κ3) is 3.06. The zero-order valence-electron chi connectivity index (χ0n) is 11.8. The van der Waals surface area contributed by atoms with Crippen LogP contribution in [0.5, 0.6) is 5.75 Å². The Kier molecular flexibility index (Phi) is 3.74. The van der Waals surface area contributed by atoms with Crippen LogP contribution in [0.1, 0.15) is 12.8 Å². The Morgan fingerprint density at radius 3 is 2.86 bits per heavy atom. The van der Waals surface area contributed by atoms with Crippen molar-refractivity contribution in [3.8, 4) is 5.75 Å². The van der Waals surface area contributed by atoms with Gasteiger partial charge in [-0.05, 0) is 24.3 Å². The van der Waals surface area contributed by atoms with Crippen molar-refractivity contribution >= 4 is 22.7 Å². The van der Waals surface area contributed by atoms with Gasteiger partial charge >= 0.3 is 0 Å². The molecule has 1 N–H and O–H groups in total. The van der Waals surface area contributed by atoms with Crippen LogP contribution < -0.4 is 10.1 Å². The van der Waals surface area contributed by atoms with Crippen molar-refractivity contribution in [2.24, 2.45) is 0 Å². The maximum Gasteiger partial charge on any atom is 0.233 e. The first-order chi connectivity index (χ1) is 10.6. The van der Waals surface area contributed by atoms with Gasteiger partial charge in [0.2, 0.25) is 11.8 Å². The molecule has 3 rings (SSSR count). The number of nitrogens with one attached hydrogen (secondary N) is 1. The van der Waals surface area contributed by atoms with Gasteiger partial charge in [0.05, 0.1) is 0 Å². The van der Waals surface area contributed by atoms with Gasteiger partial charge in [-0.25, -0.2) is 9.37 Å². The second kappa shape index (κ2) is 5.85. The van der Waals surface area contributed by atoms with Gasteiger partial charge in [-0.15, -0.1) is 0 Å². The van der Waals surface area contributed by atoms with Gasteiger partial charge in [0.15, 0.2) is 23.8 Å². The highest BCUT2D eigenvalue weighted by Crippen LogP contribution is 2.23. The molecule has 22 heavy (non-hydrogen) atoms. The lowest BCUT2D eigenvalue weighted by Gasteiger charge is -2.07. The van der Waals surface area contributed by atoms with Gasteiger partial charge in [0.25, 0.3) is 0 Å². The summed E-state index contributed by atoms with van der Waals surface area (Å²) in [5.74, 6) is -0.398. The second-order valence-electron chi connectivity index (χ2n) is 4.69. The standard InChI is InChI=1S/C16H13FN2O3/c1-10(20)18-11-6-7-14(12(17)8-11)21-9-16-19-13-4-2-3-5-15(13)22-16/h2-8H,9H2,1H3,(H,18,20). The van der Waals surface area contributed by atoms with Gasteiger partial charge < -0.3 is 14.5 Å². The number of carbonyl (C=O) groups is 1. The number of hydrogen-bond acceptors (Lipinski definition) is 4. The summed E-state index contributed by atoms with van der Waals surface area (Å²) >= 11 is 0. The second-order valence-corrected chi connectivity index (χ2v) is 4.69. The lowest BCUT2D eigenvalue weighted by molar-refractivity contribution is -0.114. The molecule has 0 unspecified atom stereocenters. The van der Waals surface area contributed by atoms with E-state index in [1.54, 1.807) is 12.1 Å². The smallest absolute Gasteiger partial charge is 0.233 e. The molecule has 0 aliphatic rings. The van der Waals surface area contributed by atoms with E-state index in [1.165, 1.54) is 19.1 Å². The number of fused-ring (bicyclic) bond motifs is 1. The fourth-order valence-electron chi connectivity index (χ4n) is 2.02. The summed E-state index contributed by atoms with van der Waals surface area (Å²) in [4.78, 5) is 15.2. The highest BCUT2D eigenvalue weighted by atomic mass is 19.1. The third-order valence-corrected chi connectivity index (χ3v) is 2.94. The van der Waals surface area contributed by atoms with Crippen molar-refractivity contribution in [2.45, 2.75) is 13.5 Å². The number of rotatable bonds is 4. The molecule has 5 nitrogen and oxygen atoms in total. The molecule has 2 aromatic carbocycles. The number of hydrogen-bond donors (Lipinski definition) is 1. The summed E-state index contributed by atoms with van der Waals surface area (Å²) in [5.41, 5.74) is 1.75. The molecule has 1 amide bonds. The molecule has 0 aliphatic carbocycles. The van der Waals surface area contributed by atoms with E-state index >= 15 is 0 Å². The van der Waals surface area contributed by atoms with E-state index < -0.39 is 5.82 Å². The van der Waals surface area contributed by atoms with Crippen LogP contribution in [0.15, 0.2) is 46.9 Å². The minimum absolute atomic E-state index is 0.0189. The molecule has 6 heteroatoms. The Bertz CT molecular complexity index is 796. The highest BCUT2D eigenvalue weighted by Gasteiger charge is 2.09. The Labute approximate surface area is 125 Å². The van der Waals surface area contributed by atoms with E-state index in [1.807, 2.05) is 18.2 Å². The molecule has 0 bridgehead atoms. The number of benzene rings is 2. The van der Waals surface area contributed by atoms with Gasteiger partial charge in [0, 0.05) is 18.7 Å². The van der Waals surface area contributed by atoms with Gasteiger partial charge in [0.1, 0.15) is 5.52 Å². The number of oxazole rings is 1. The van der Waals surface area contributed by atoms with Crippen molar-refractivity contribution in [3.05, 3.63) is 54.2 Å². The van der Waals surface area contributed by atoms with Crippen LogP contribution in [0.3, 0.4) is 0 Å². The van der Waals surface area contributed by atoms with Crippen molar-refractivity contribution in [1.82, 2.24) is 4.98 Å². The fraction of sp³-hybridized carbons (Fsp3) is 0.125. The predicted octanol–water partition coefficient (Wildman–Crippen LogP) is 3.50. The first-order valence-electron chi connectivity index (χ1n) is 6.66. The maximum atomic E-state index is 13.9. The normalized spacial score (nSPS) is 10.6. The SMILES string of the molecule is CC(=O)Nc1ccc(OCc2nc3ccccc3o2)c(F)c1. The topological polar surface area (TPSA) is 64.4 Å². The van der Waals surface area contributed by atoms with Crippen molar-refractivity contribution in [1.29, 1.82) is 0 Å². The number of amides is 1. The van der Waals surface area contributed by atoms with Crippen molar-refractivity contribution in [2.75, 3.05) is 5.32 Å². The zero-order valence-corrected chi connectivity index (χ0v) is 11.8. The Morgan fingerprint density at radius 1 is 1.32 bits per heavy atom. The average molecular weight is 300 g/mol. The minimum Gasteiger partial charge on any atom is -0.481 e. The van der Waals surface area contributed by atoms with E-state index in [9.17, 15) is 9.18 Å². The molecule has 0 spiro atoms. The maximum absolute atomic E-state index is 13.9. The number of nitrogens with zero attached hydrogens (tertiary/aromatic N) is 1. The minimum atomic E-state index is -0.567. The first kappa shape index (κ1) is 14.1. The number of ether oxygens (including phenoxy) is 1. The first-order valence-corrected chi connectivity index (χ1v) is 6.66. The average Bonchev–Trinajstić information content (AvgIpc) is 2.88. The Hall–Kier alpha value is -2.89. The molecule has 0 saturated heterocycles. The van der Waals surface area contributed by atoms with E-state index in [-0.39, 0.29) is 18.3 Å². The van der Waals surface area contributed by atoms with Crippen LogP contribution in [0.4, 0.5) is 10.1 Å². The quantitative estimate of drug-likeness (QED) is 0.801. The van der Waals surface area contributed by atoms with Crippen LogP contribution in [0, 0.1) is 5.82 Å². The largest absolute Gasteiger partial charge is 0.481 e. The Balaban J connectivity index is 1.71. The van der Waals surface area contributed by atoms with Crippen LogP contribution in [-0.2, 0) is 11.4 Å². The fourth-order valence-corrected chi connectivity index (χ4v) is 2.02. The summed E-state index contributed by atoms with van der Waals surface area (Å²) in [6, 6.07) is 11.5. The van der Waals surface area contributed by atoms with E-state index in [4.69, 9.17) is 9.15 Å². The van der Waals surface area contributed by atoms with Gasteiger partial charge in [-0.1, -0.05) is 12.1 Å². The number of carbonyl (C=O) groups excluding carboxylic acids is 1. The number of aromatic nitrogens is 1. The lowest BCUT2D eigenvalue weighted by atomic mass is 10.3. The highest BCUT2D eigenvalue weighted by molar-refractivity contribution is 5.88. The number of para-hydroxylation sites is 2. The molecule has 1 heterocycles. The predicted molar refractivity (Wildman–Crippen MR) is 79.0 cm³/mol. The zero-order chi connectivity index (χ0) is 15.5. The van der Waals surface area contributed by atoms with Crippen LogP contribution in [-0.4, -0.2) is 10.9 Å². The van der Waals surface area contributed by atoms with Crippen molar-refractivity contribution in [3.63, 3.8) is 0 Å². The van der Waals surface area contributed by atoms with Gasteiger partial charge in [-0.2, -0.15) is 0 Å². The molecule has 3 aromatic rings. The summed E-state index contributed by atoms with van der Waals surface area (Å²) < 4.78 is 24.7. The molecular weight excluding hydrogens is 287 g/mol.